The fourth-order valence-corrected chi connectivity index (χ4v) is 2.59. The van der Waals surface area contributed by atoms with Crippen LogP contribution in [0.1, 0.15) is 34.3 Å². The van der Waals surface area contributed by atoms with Gasteiger partial charge in [-0.1, -0.05) is 6.07 Å². The Kier molecular flexibility index (Phi) is 3.14. The fraction of sp³-hybridized carbons (Fsp3) is 0.357. The predicted molar refractivity (Wildman–Crippen MR) is 70.8 cm³/mol. The summed E-state index contributed by atoms with van der Waals surface area (Å²) >= 11 is 0. The molecule has 6 nitrogen and oxygen atoms in total. The molecule has 3 rings (SSSR count). The highest BCUT2D eigenvalue weighted by molar-refractivity contribution is 6.04. The molecule has 1 aliphatic heterocycles. The summed E-state index contributed by atoms with van der Waals surface area (Å²) in [4.78, 5) is 34.5. The van der Waals surface area contributed by atoms with Crippen molar-refractivity contribution in [2.24, 2.45) is 0 Å². The van der Waals surface area contributed by atoms with Gasteiger partial charge in [0.2, 0.25) is 5.91 Å². The molecule has 0 radical (unpaired) electrons. The molecule has 1 aromatic rings. The van der Waals surface area contributed by atoms with Crippen molar-refractivity contribution >= 4 is 17.8 Å². The van der Waals surface area contributed by atoms with Gasteiger partial charge in [0.05, 0.1) is 0 Å². The zero-order valence-corrected chi connectivity index (χ0v) is 10.9. The maximum atomic E-state index is 12.1. The molecule has 0 bridgehead atoms. The van der Waals surface area contributed by atoms with Crippen LogP contribution in [0.2, 0.25) is 0 Å². The molecule has 1 heterocycles. The molecule has 0 spiro atoms. The van der Waals surface area contributed by atoms with Crippen molar-refractivity contribution in [1.82, 2.24) is 15.8 Å². The van der Waals surface area contributed by atoms with Gasteiger partial charge >= 0.3 is 6.03 Å². The number of hydrazine groups is 1. The first-order valence-electron chi connectivity index (χ1n) is 6.67. The average molecular weight is 273 g/mol. The number of hydrogen-bond acceptors (Lipinski definition) is 3. The van der Waals surface area contributed by atoms with Crippen LogP contribution < -0.4 is 10.7 Å². The molecule has 1 fully saturated rings. The first kappa shape index (κ1) is 12.7. The molecule has 1 aromatic carbocycles. The lowest BCUT2D eigenvalue weighted by Crippen LogP contribution is -2.44. The van der Waals surface area contributed by atoms with E-state index in [0.29, 0.717) is 5.56 Å². The number of nitrogens with one attached hydrogen (secondary N) is 2. The van der Waals surface area contributed by atoms with Gasteiger partial charge in [-0.25, -0.2) is 9.80 Å². The molecule has 2 aliphatic rings. The van der Waals surface area contributed by atoms with E-state index in [1.807, 2.05) is 12.1 Å². The van der Waals surface area contributed by atoms with Crippen LogP contribution in [-0.2, 0) is 17.6 Å². The van der Waals surface area contributed by atoms with Gasteiger partial charge in [0.1, 0.15) is 6.54 Å². The van der Waals surface area contributed by atoms with E-state index in [9.17, 15) is 14.4 Å². The molecular formula is C14H15N3O3. The molecule has 2 N–H and O–H groups in total. The highest BCUT2D eigenvalue weighted by atomic mass is 16.2. The third-order valence-electron chi connectivity index (χ3n) is 3.64. The van der Waals surface area contributed by atoms with Gasteiger partial charge in [-0.15, -0.1) is 0 Å². The zero-order chi connectivity index (χ0) is 14.1. The third kappa shape index (κ3) is 2.36. The number of rotatable bonds is 2. The number of nitrogens with zero attached hydrogens (tertiary/aromatic N) is 1. The van der Waals surface area contributed by atoms with Crippen LogP contribution in [-0.4, -0.2) is 29.4 Å². The highest BCUT2D eigenvalue weighted by Crippen LogP contribution is 2.22. The number of imide groups is 1. The number of amides is 4. The van der Waals surface area contributed by atoms with Crippen LogP contribution in [0.4, 0.5) is 4.79 Å². The second-order valence-electron chi connectivity index (χ2n) is 5.07. The van der Waals surface area contributed by atoms with Gasteiger partial charge in [-0.3, -0.25) is 20.3 Å². The quantitative estimate of drug-likeness (QED) is 0.781. The van der Waals surface area contributed by atoms with E-state index >= 15 is 0 Å². The van der Waals surface area contributed by atoms with Gasteiger partial charge < -0.3 is 0 Å². The third-order valence-corrected chi connectivity index (χ3v) is 3.64. The Balaban J connectivity index is 1.74. The van der Waals surface area contributed by atoms with E-state index in [-0.39, 0.29) is 12.5 Å². The maximum absolute atomic E-state index is 12.1. The second kappa shape index (κ2) is 4.96. The molecule has 0 unspecified atom stereocenters. The SMILES string of the molecule is O=C1CN(NC(=O)c2ccc3c(c2)CCCC3)C(=O)N1. The van der Waals surface area contributed by atoms with Gasteiger partial charge in [-0.05, 0) is 48.9 Å². The summed E-state index contributed by atoms with van der Waals surface area (Å²) in [6.07, 6.45) is 4.37. The Hall–Kier alpha value is -2.37. The van der Waals surface area contributed by atoms with E-state index < -0.39 is 11.9 Å². The fourth-order valence-electron chi connectivity index (χ4n) is 2.59. The average Bonchev–Trinajstić information content (AvgIpc) is 2.76. The van der Waals surface area contributed by atoms with E-state index in [4.69, 9.17) is 0 Å². The molecule has 1 aliphatic carbocycles. The Morgan fingerprint density at radius 3 is 2.60 bits per heavy atom. The summed E-state index contributed by atoms with van der Waals surface area (Å²) in [6.45, 7) is -0.143. The minimum absolute atomic E-state index is 0.143. The normalized spacial score (nSPS) is 17.7. The Morgan fingerprint density at radius 2 is 1.90 bits per heavy atom. The van der Waals surface area contributed by atoms with Crippen LogP contribution >= 0.6 is 0 Å². The topological polar surface area (TPSA) is 78.5 Å². The zero-order valence-electron chi connectivity index (χ0n) is 10.9. The number of carbonyl (C=O) groups is 3. The first-order chi connectivity index (χ1) is 9.63. The lowest BCUT2D eigenvalue weighted by Gasteiger charge is -2.18. The van der Waals surface area contributed by atoms with Crippen LogP contribution in [0, 0.1) is 0 Å². The Bertz CT molecular complexity index is 597. The van der Waals surface area contributed by atoms with Crippen molar-refractivity contribution in [1.29, 1.82) is 0 Å². The summed E-state index contributed by atoms with van der Waals surface area (Å²) in [5.41, 5.74) is 5.45. The molecule has 104 valence electrons. The minimum Gasteiger partial charge on any atom is -0.275 e. The summed E-state index contributed by atoms with van der Waals surface area (Å²) < 4.78 is 0. The molecule has 6 heteroatoms. The molecule has 0 saturated carbocycles. The highest BCUT2D eigenvalue weighted by Gasteiger charge is 2.28. The Morgan fingerprint density at radius 1 is 1.15 bits per heavy atom. The lowest BCUT2D eigenvalue weighted by atomic mass is 9.90. The molecule has 1 saturated heterocycles. The molecule has 0 aromatic heterocycles. The second-order valence-corrected chi connectivity index (χ2v) is 5.07. The van der Waals surface area contributed by atoms with Gasteiger partial charge in [0.15, 0.2) is 0 Å². The first-order valence-corrected chi connectivity index (χ1v) is 6.67. The monoisotopic (exact) mass is 273 g/mol. The smallest absolute Gasteiger partial charge is 0.275 e. The maximum Gasteiger partial charge on any atom is 0.343 e. The number of aryl methyl sites for hydroxylation is 2. The van der Waals surface area contributed by atoms with Crippen molar-refractivity contribution in [3.8, 4) is 0 Å². The summed E-state index contributed by atoms with van der Waals surface area (Å²) in [6, 6.07) is 5.01. The van der Waals surface area contributed by atoms with Gasteiger partial charge in [0, 0.05) is 5.56 Å². The van der Waals surface area contributed by atoms with Crippen LogP contribution in [0.15, 0.2) is 18.2 Å². The minimum atomic E-state index is -0.596. The molecule has 20 heavy (non-hydrogen) atoms. The van der Waals surface area contributed by atoms with E-state index in [1.54, 1.807) is 6.07 Å². The van der Waals surface area contributed by atoms with E-state index in [0.717, 1.165) is 24.3 Å². The van der Waals surface area contributed by atoms with Crippen LogP contribution in [0.3, 0.4) is 0 Å². The number of fused-ring (bicyclic) bond motifs is 1. The summed E-state index contributed by atoms with van der Waals surface area (Å²) in [7, 11) is 0. The predicted octanol–water partition coefficient (Wildman–Crippen LogP) is 0.762. The standard InChI is InChI=1S/C14H15N3O3/c18-12-8-17(14(20)15-12)16-13(19)11-6-5-9-3-1-2-4-10(9)7-11/h5-7H,1-4,8H2,(H,16,19)(H,15,18,20). The van der Waals surface area contributed by atoms with Crippen molar-refractivity contribution in [3.63, 3.8) is 0 Å². The number of benzene rings is 1. The Labute approximate surface area is 116 Å². The largest absolute Gasteiger partial charge is 0.343 e. The number of urea groups is 1. The molecular weight excluding hydrogens is 258 g/mol. The number of hydrogen-bond donors (Lipinski definition) is 2. The lowest BCUT2D eigenvalue weighted by molar-refractivity contribution is -0.118. The number of carbonyl (C=O) groups excluding carboxylic acids is 3. The summed E-state index contributed by atoms with van der Waals surface area (Å²) in [5, 5.41) is 3.10. The van der Waals surface area contributed by atoms with Crippen molar-refractivity contribution in [2.45, 2.75) is 25.7 Å². The van der Waals surface area contributed by atoms with Crippen molar-refractivity contribution < 1.29 is 14.4 Å². The van der Waals surface area contributed by atoms with E-state index in [1.165, 1.54) is 17.5 Å². The molecule has 0 atom stereocenters. The van der Waals surface area contributed by atoms with Crippen LogP contribution in [0.25, 0.3) is 0 Å². The van der Waals surface area contributed by atoms with Gasteiger partial charge in [-0.2, -0.15) is 0 Å². The van der Waals surface area contributed by atoms with Crippen molar-refractivity contribution in [2.75, 3.05) is 6.54 Å². The molecule has 4 amide bonds. The van der Waals surface area contributed by atoms with Crippen molar-refractivity contribution in [3.05, 3.63) is 34.9 Å². The van der Waals surface area contributed by atoms with Gasteiger partial charge in [0.25, 0.3) is 5.91 Å². The van der Waals surface area contributed by atoms with E-state index in [2.05, 4.69) is 10.7 Å². The van der Waals surface area contributed by atoms with Crippen LogP contribution in [0.5, 0.6) is 0 Å². The summed E-state index contributed by atoms with van der Waals surface area (Å²) in [5.74, 6) is -0.788.